The maximum Gasteiger partial charge on any atom is 0.246 e. The van der Waals surface area contributed by atoms with Crippen molar-refractivity contribution in [1.29, 1.82) is 0 Å². The molecule has 2 aliphatic rings. The summed E-state index contributed by atoms with van der Waals surface area (Å²) in [6.45, 7) is 0.418. The van der Waals surface area contributed by atoms with E-state index in [2.05, 4.69) is 0 Å². The molecule has 0 N–H and O–H groups in total. The Hall–Kier alpha value is -1.84. The lowest BCUT2D eigenvalue weighted by Crippen LogP contribution is -2.50. The zero-order chi connectivity index (χ0) is 13.4. The molecule has 4 heteroatoms. The van der Waals surface area contributed by atoms with Gasteiger partial charge < -0.3 is 9.80 Å². The van der Waals surface area contributed by atoms with E-state index in [-0.39, 0.29) is 11.9 Å². The maximum absolute atomic E-state index is 12.3. The molecule has 1 aromatic carbocycles. The zero-order valence-corrected chi connectivity index (χ0v) is 11.1. The van der Waals surface area contributed by atoms with Crippen LogP contribution in [0.5, 0.6) is 0 Å². The number of benzene rings is 1. The fourth-order valence-electron chi connectivity index (χ4n) is 3.07. The molecule has 1 saturated carbocycles. The predicted molar refractivity (Wildman–Crippen MR) is 74.5 cm³/mol. The lowest BCUT2D eigenvalue weighted by atomic mass is 9.92. The highest BCUT2D eigenvalue weighted by Crippen LogP contribution is 2.36. The number of carbonyl (C=O) groups is 2. The van der Waals surface area contributed by atoms with E-state index < -0.39 is 0 Å². The SMILES string of the molecule is CN1CC(=O)N(C2CCC(=O)CC2)c2ccccc21. The number of anilines is 2. The Balaban J connectivity index is 1.94. The Bertz CT molecular complexity index is 517. The summed E-state index contributed by atoms with van der Waals surface area (Å²) < 4.78 is 0. The molecule has 1 heterocycles. The van der Waals surface area contributed by atoms with Crippen molar-refractivity contribution in [2.24, 2.45) is 0 Å². The summed E-state index contributed by atoms with van der Waals surface area (Å²) in [5.41, 5.74) is 2.08. The van der Waals surface area contributed by atoms with Crippen LogP contribution < -0.4 is 9.80 Å². The van der Waals surface area contributed by atoms with Crippen molar-refractivity contribution in [2.45, 2.75) is 31.7 Å². The molecular weight excluding hydrogens is 240 g/mol. The van der Waals surface area contributed by atoms with E-state index in [4.69, 9.17) is 0 Å². The molecule has 1 aliphatic carbocycles. The van der Waals surface area contributed by atoms with Crippen molar-refractivity contribution in [3.8, 4) is 0 Å². The van der Waals surface area contributed by atoms with Crippen LogP contribution in [-0.2, 0) is 9.59 Å². The molecule has 0 unspecified atom stereocenters. The smallest absolute Gasteiger partial charge is 0.246 e. The van der Waals surface area contributed by atoms with Gasteiger partial charge in [0.2, 0.25) is 5.91 Å². The number of hydrogen-bond acceptors (Lipinski definition) is 3. The van der Waals surface area contributed by atoms with Gasteiger partial charge in [-0.1, -0.05) is 12.1 Å². The summed E-state index contributed by atoms with van der Waals surface area (Å²) in [6, 6.07) is 8.18. The number of ketones is 1. The normalized spacial score (nSPS) is 20.7. The van der Waals surface area contributed by atoms with Gasteiger partial charge in [-0.15, -0.1) is 0 Å². The van der Waals surface area contributed by atoms with E-state index in [9.17, 15) is 9.59 Å². The van der Waals surface area contributed by atoms with Gasteiger partial charge in [-0.05, 0) is 25.0 Å². The number of carbonyl (C=O) groups excluding carboxylic acids is 2. The van der Waals surface area contributed by atoms with Gasteiger partial charge in [0.1, 0.15) is 5.78 Å². The van der Waals surface area contributed by atoms with E-state index in [1.54, 1.807) is 0 Å². The van der Waals surface area contributed by atoms with Crippen LogP contribution >= 0.6 is 0 Å². The van der Waals surface area contributed by atoms with Crippen molar-refractivity contribution < 1.29 is 9.59 Å². The number of fused-ring (bicyclic) bond motifs is 1. The molecule has 1 aliphatic heterocycles. The average Bonchev–Trinajstić information content (AvgIpc) is 2.41. The molecule has 3 rings (SSSR count). The fraction of sp³-hybridized carbons (Fsp3) is 0.467. The molecule has 1 amide bonds. The van der Waals surface area contributed by atoms with E-state index in [0.29, 0.717) is 25.2 Å². The summed E-state index contributed by atoms with van der Waals surface area (Å²) in [5, 5.41) is 0. The first-order valence-corrected chi connectivity index (χ1v) is 6.81. The Morgan fingerprint density at radius 1 is 1.05 bits per heavy atom. The standard InChI is InChI=1S/C15H18N2O2/c1-16-10-15(19)17(11-6-8-12(18)9-7-11)14-5-3-2-4-13(14)16/h2-5,11H,6-10H2,1H3. The predicted octanol–water partition coefficient (Wildman–Crippen LogP) is 1.98. The first-order chi connectivity index (χ1) is 9.16. The van der Waals surface area contributed by atoms with Gasteiger partial charge in [0.05, 0.1) is 17.9 Å². The van der Waals surface area contributed by atoms with Crippen molar-refractivity contribution in [3.63, 3.8) is 0 Å². The number of Topliss-reactive ketones (excluding diaryl/α,β-unsaturated/α-hetero) is 1. The van der Waals surface area contributed by atoms with E-state index in [1.165, 1.54) is 0 Å². The molecule has 0 saturated heterocycles. The van der Waals surface area contributed by atoms with Crippen LogP contribution in [0.4, 0.5) is 11.4 Å². The molecule has 100 valence electrons. The summed E-state index contributed by atoms with van der Waals surface area (Å²) in [5.74, 6) is 0.465. The number of hydrogen-bond donors (Lipinski definition) is 0. The van der Waals surface area contributed by atoms with Crippen molar-refractivity contribution in [1.82, 2.24) is 0 Å². The first-order valence-electron chi connectivity index (χ1n) is 6.81. The molecule has 19 heavy (non-hydrogen) atoms. The molecule has 0 bridgehead atoms. The second kappa shape index (κ2) is 4.68. The van der Waals surface area contributed by atoms with Gasteiger partial charge in [0, 0.05) is 25.9 Å². The quantitative estimate of drug-likeness (QED) is 0.773. The largest absolute Gasteiger partial charge is 0.364 e. The Morgan fingerprint density at radius 3 is 2.37 bits per heavy atom. The Kier molecular flexibility index (Phi) is 3.01. The minimum atomic E-state index is 0.139. The number of nitrogens with zero attached hydrogens (tertiary/aromatic N) is 2. The van der Waals surface area contributed by atoms with Gasteiger partial charge in [0.15, 0.2) is 0 Å². The summed E-state index contributed by atoms with van der Waals surface area (Å²) >= 11 is 0. The number of likely N-dealkylation sites (N-methyl/N-ethyl adjacent to an activating group) is 1. The minimum absolute atomic E-state index is 0.139. The van der Waals surface area contributed by atoms with Crippen LogP contribution in [0.1, 0.15) is 25.7 Å². The van der Waals surface area contributed by atoms with Crippen LogP contribution in [0.25, 0.3) is 0 Å². The molecule has 1 fully saturated rings. The van der Waals surface area contributed by atoms with Crippen molar-refractivity contribution in [2.75, 3.05) is 23.4 Å². The second-order valence-corrected chi connectivity index (χ2v) is 5.38. The lowest BCUT2D eigenvalue weighted by Gasteiger charge is -2.41. The molecule has 1 aromatic rings. The van der Waals surface area contributed by atoms with E-state index in [1.807, 2.05) is 41.1 Å². The Labute approximate surface area is 113 Å². The monoisotopic (exact) mass is 258 g/mol. The summed E-state index contributed by atoms with van der Waals surface area (Å²) in [7, 11) is 1.94. The van der Waals surface area contributed by atoms with Gasteiger partial charge >= 0.3 is 0 Å². The maximum atomic E-state index is 12.3. The van der Waals surface area contributed by atoms with Crippen LogP contribution in [0, 0.1) is 0 Å². The molecule has 4 nitrogen and oxygen atoms in total. The zero-order valence-electron chi connectivity index (χ0n) is 11.1. The van der Waals surface area contributed by atoms with E-state index >= 15 is 0 Å². The van der Waals surface area contributed by atoms with Gasteiger partial charge in [-0.2, -0.15) is 0 Å². The number of para-hydroxylation sites is 2. The molecular formula is C15H18N2O2. The lowest BCUT2D eigenvalue weighted by molar-refractivity contribution is -0.122. The van der Waals surface area contributed by atoms with Crippen molar-refractivity contribution in [3.05, 3.63) is 24.3 Å². The third-order valence-electron chi connectivity index (χ3n) is 4.07. The van der Waals surface area contributed by atoms with Crippen LogP contribution in [0.3, 0.4) is 0 Å². The van der Waals surface area contributed by atoms with E-state index in [0.717, 1.165) is 24.2 Å². The third-order valence-corrected chi connectivity index (χ3v) is 4.07. The molecule has 0 atom stereocenters. The summed E-state index contributed by atoms with van der Waals surface area (Å²) in [6.07, 6.45) is 2.80. The topological polar surface area (TPSA) is 40.6 Å². The molecule has 0 spiro atoms. The highest BCUT2D eigenvalue weighted by Gasteiger charge is 2.34. The molecule has 0 radical (unpaired) electrons. The van der Waals surface area contributed by atoms with Gasteiger partial charge in [-0.25, -0.2) is 0 Å². The van der Waals surface area contributed by atoms with Crippen molar-refractivity contribution >= 4 is 23.1 Å². The average molecular weight is 258 g/mol. The Morgan fingerprint density at radius 2 is 1.68 bits per heavy atom. The second-order valence-electron chi connectivity index (χ2n) is 5.38. The van der Waals surface area contributed by atoms with Gasteiger partial charge in [-0.3, -0.25) is 9.59 Å². The van der Waals surface area contributed by atoms with Gasteiger partial charge in [0.25, 0.3) is 0 Å². The third kappa shape index (κ3) is 2.11. The first kappa shape index (κ1) is 12.2. The highest BCUT2D eigenvalue weighted by atomic mass is 16.2. The van der Waals surface area contributed by atoms with Crippen LogP contribution in [0.2, 0.25) is 0 Å². The fourth-order valence-corrected chi connectivity index (χ4v) is 3.07. The summed E-state index contributed by atoms with van der Waals surface area (Å²) in [4.78, 5) is 27.6. The van der Waals surface area contributed by atoms with Crippen LogP contribution in [-0.4, -0.2) is 31.3 Å². The minimum Gasteiger partial charge on any atom is -0.364 e. The number of amides is 1. The van der Waals surface area contributed by atoms with Crippen LogP contribution in [0.15, 0.2) is 24.3 Å². The molecule has 0 aromatic heterocycles. The highest BCUT2D eigenvalue weighted by molar-refractivity contribution is 6.03. The number of rotatable bonds is 1.